The van der Waals surface area contributed by atoms with Crippen LogP contribution in [-0.2, 0) is 10.2 Å². The lowest BCUT2D eigenvalue weighted by atomic mass is 9.75. The maximum atomic E-state index is 13.9. The molecule has 2 amide bonds. The highest BCUT2D eigenvalue weighted by Gasteiger charge is 2.47. The molecule has 1 atom stereocenters. The summed E-state index contributed by atoms with van der Waals surface area (Å²) in [4.78, 5) is 29.2. The third kappa shape index (κ3) is 6.29. The number of nitrogens with zero attached hydrogens (tertiary/aromatic N) is 1. The lowest BCUT2D eigenvalue weighted by Crippen LogP contribution is -2.44. The quantitative estimate of drug-likeness (QED) is 0.283. The van der Waals surface area contributed by atoms with E-state index in [4.69, 9.17) is 36.5 Å². The Kier molecular flexibility index (Phi) is 9.11. The van der Waals surface area contributed by atoms with Crippen LogP contribution in [0.15, 0.2) is 48.5 Å². The van der Waals surface area contributed by atoms with Crippen LogP contribution in [0.5, 0.6) is 17.2 Å². The predicted molar refractivity (Wildman–Crippen MR) is 147 cm³/mol. The Morgan fingerprint density at radius 1 is 1.10 bits per heavy atom. The third-order valence-electron chi connectivity index (χ3n) is 7.06. The molecule has 0 aliphatic heterocycles. The van der Waals surface area contributed by atoms with E-state index < -0.39 is 17.1 Å². The number of methoxy groups -OCH3 is 2. The van der Waals surface area contributed by atoms with E-state index in [2.05, 4.69) is 5.32 Å². The van der Waals surface area contributed by atoms with Gasteiger partial charge in [-0.05, 0) is 73.7 Å². The van der Waals surface area contributed by atoms with Crippen LogP contribution in [0.4, 0.5) is 4.39 Å². The molecule has 1 aliphatic rings. The standard InChI is InChI=1S/C29H31ClFN3O6/c1-38-23-9-10-25(34-27(23)17-3-7-21(31)20(30)13-17)29(11-12-35,19-5-6-19)16-33-28(37)18-4-8-22(24(14-18)39-2)40-15-26(32)36/h3-4,7-10,13-14,19,35H,5-6,11-12,15-16H2,1-2H3,(H2,32,36)(H,33,37). The molecule has 1 fully saturated rings. The summed E-state index contributed by atoms with van der Waals surface area (Å²) in [6, 6.07) is 12.5. The summed E-state index contributed by atoms with van der Waals surface area (Å²) in [5.41, 5.74) is 6.53. The summed E-state index contributed by atoms with van der Waals surface area (Å²) in [6.07, 6.45) is 2.20. The number of carbonyl (C=O) groups is 2. The first kappa shape index (κ1) is 29.1. The third-order valence-corrected chi connectivity index (χ3v) is 7.35. The molecular weight excluding hydrogens is 541 g/mol. The smallest absolute Gasteiger partial charge is 0.255 e. The van der Waals surface area contributed by atoms with Gasteiger partial charge in [0.05, 0.1) is 19.2 Å². The van der Waals surface area contributed by atoms with Crippen molar-refractivity contribution < 1.29 is 33.3 Å². The topological polar surface area (TPSA) is 133 Å². The fourth-order valence-electron chi connectivity index (χ4n) is 4.86. The summed E-state index contributed by atoms with van der Waals surface area (Å²) in [7, 11) is 2.95. The summed E-state index contributed by atoms with van der Waals surface area (Å²) in [6.45, 7) is -0.228. The Balaban J connectivity index is 1.64. The molecule has 2 aromatic carbocycles. The average Bonchev–Trinajstić information content (AvgIpc) is 3.81. The Labute approximate surface area is 236 Å². The SMILES string of the molecule is COc1cc(C(=O)NCC(CCO)(c2ccc(OC)c(-c3ccc(F)c(Cl)c3)n2)C2CC2)ccc1OCC(N)=O. The van der Waals surface area contributed by atoms with Gasteiger partial charge in [-0.15, -0.1) is 0 Å². The van der Waals surface area contributed by atoms with Crippen molar-refractivity contribution in [3.63, 3.8) is 0 Å². The van der Waals surface area contributed by atoms with E-state index in [0.717, 1.165) is 12.8 Å². The second-order valence-electron chi connectivity index (χ2n) is 9.58. The fraction of sp³-hybridized carbons (Fsp3) is 0.345. The van der Waals surface area contributed by atoms with E-state index in [9.17, 15) is 19.1 Å². The van der Waals surface area contributed by atoms with Crippen molar-refractivity contribution in [2.24, 2.45) is 11.7 Å². The predicted octanol–water partition coefficient (Wildman–Crippen LogP) is 3.88. The van der Waals surface area contributed by atoms with E-state index in [1.807, 2.05) is 6.07 Å². The molecule has 1 saturated carbocycles. The lowest BCUT2D eigenvalue weighted by Gasteiger charge is -2.34. The number of ether oxygens (including phenoxy) is 3. The normalized spacial score (nSPS) is 14.2. The number of benzene rings is 2. The highest BCUT2D eigenvalue weighted by Crippen LogP contribution is 2.49. The van der Waals surface area contributed by atoms with Gasteiger partial charge in [-0.2, -0.15) is 0 Å². The van der Waals surface area contributed by atoms with Gasteiger partial charge < -0.3 is 30.4 Å². The second kappa shape index (κ2) is 12.5. The zero-order valence-corrected chi connectivity index (χ0v) is 23.0. The molecule has 1 heterocycles. The van der Waals surface area contributed by atoms with Gasteiger partial charge in [0.1, 0.15) is 17.3 Å². The summed E-state index contributed by atoms with van der Waals surface area (Å²) in [5, 5.41) is 13.0. The fourth-order valence-corrected chi connectivity index (χ4v) is 5.04. The summed E-state index contributed by atoms with van der Waals surface area (Å²) >= 11 is 6.04. The molecule has 0 bridgehead atoms. The van der Waals surface area contributed by atoms with Crippen molar-refractivity contribution >= 4 is 23.4 Å². The van der Waals surface area contributed by atoms with Crippen LogP contribution in [0.3, 0.4) is 0 Å². The molecule has 212 valence electrons. The van der Waals surface area contributed by atoms with Crippen LogP contribution in [0, 0.1) is 11.7 Å². The van der Waals surface area contributed by atoms with Crippen LogP contribution < -0.4 is 25.3 Å². The van der Waals surface area contributed by atoms with Gasteiger partial charge in [0, 0.05) is 35.4 Å². The number of carbonyl (C=O) groups excluding carboxylic acids is 2. The molecule has 40 heavy (non-hydrogen) atoms. The van der Waals surface area contributed by atoms with Crippen LogP contribution in [0.2, 0.25) is 5.02 Å². The average molecular weight is 572 g/mol. The van der Waals surface area contributed by atoms with Gasteiger partial charge >= 0.3 is 0 Å². The lowest BCUT2D eigenvalue weighted by molar-refractivity contribution is -0.119. The first-order valence-corrected chi connectivity index (χ1v) is 13.1. The van der Waals surface area contributed by atoms with Crippen molar-refractivity contribution in [3.05, 3.63) is 70.6 Å². The van der Waals surface area contributed by atoms with E-state index >= 15 is 0 Å². The first-order valence-electron chi connectivity index (χ1n) is 12.7. The minimum absolute atomic E-state index is 0.0377. The molecule has 0 spiro atoms. The van der Waals surface area contributed by atoms with E-state index in [1.54, 1.807) is 18.2 Å². The molecule has 11 heteroatoms. The Morgan fingerprint density at radius 2 is 1.82 bits per heavy atom. The van der Waals surface area contributed by atoms with Gasteiger partial charge in [-0.3, -0.25) is 9.59 Å². The molecular formula is C29H31ClFN3O6. The first-order chi connectivity index (χ1) is 19.2. The molecule has 9 nitrogen and oxygen atoms in total. The number of aliphatic hydroxyl groups excluding tert-OH is 1. The van der Waals surface area contributed by atoms with Crippen LogP contribution >= 0.6 is 11.6 Å². The van der Waals surface area contributed by atoms with Gasteiger partial charge in [0.2, 0.25) is 0 Å². The minimum Gasteiger partial charge on any atom is -0.494 e. The number of amides is 2. The number of hydrogen-bond acceptors (Lipinski definition) is 7. The van der Waals surface area contributed by atoms with Crippen molar-refractivity contribution in [3.8, 4) is 28.5 Å². The Hall–Kier alpha value is -3.89. The van der Waals surface area contributed by atoms with Crippen LogP contribution in [-0.4, -0.2) is 55.9 Å². The highest BCUT2D eigenvalue weighted by molar-refractivity contribution is 6.31. The van der Waals surface area contributed by atoms with Gasteiger partial charge in [0.25, 0.3) is 11.8 Å². The molecule has 3 aromatic rings. The highest BCUT2D eigenvalue weighted by atomic mass is 35.5. The maximum absolute atomic E-state index is 13.9. The van der Waals surface area contributed by atoms with Crippen molar-refractivity contribution in [2.75, 3.05) is 34.0 Å². The summed E-state index contributed by atoms with van der Waals surface area (Å²) in [5.74, 6) is -0.318. The molecule has 0 saturated heterocycles. The van der Waals surface area contributed by atoms with Crippen LogP contribution in [0.1, 0.15) is 35.3 Å². The molecule has 1 aliphatic carbocycles. The zero-order chi connectivity index (χ0) is 28.9. The number of halogens is 2. The van der Waals surface area contributed by atoms with Crippen molar-refractivity contribution in [2.45, 2.75) is 24.7 Å². The summed E-state index contributed by atoms with van der Waals surface area (Å²) < 4.78 is 30.0. The Bertz CT molecular complexity index is 1400. The van der Waals surface area contributed by atoms with Gasteiger partial charge in [-0.1, -0.05) is 11.6 Å². The Morgan fingerprint density at radius 3 is 2.45 bits per heavy atom. The number of nitrogens with two attached hydrogens (primary N) is 1. The van der Waals surface area contributed by atoms with Gasteiger partial charge in [0.15, 0.2) is 18.1 Å². The number of hydrogen-bond donors (Lipinski definition) is 3. The number of nitrogens with one attached hydrogen (secondary N) is 1. The zero-order valence-electron chi connectivity index (χ0n) is 22.2. The van der Waals surface area contributed by atoms with E-state index in [0.29, 0.717) is 34.7 Å². The van der Waals surface area contributed by atoms with Crippen molar-refractivity contribution in [1.82, 2.24) is 10.3 Å². The number of primary amides is 1. The number of aromatic nitrogens is 1. The second-order valence-corrected chi connectivity index (χ2v) is 9.99. The number of aliphatic hydroxyl groups is 1. The van der Waals surface area contributed by atoms with Gasteiger partial charge in [-0.25, -0.2) is 9.37 Å². The number of rotatable bonds is 13. The van der Waals surface area contributed by atoms with Crippen molar-refractivity contribution in [1.29, 1.82) is 0 Å². The largest absolute Gasteiger partial charge is 0.494 e. The molecule has 0 radical (unpaired) electrons. The maximum Gasteiger partial charge on any atom is 0.255 e. The molecule has 4 rings (SSSR count). The molecule has 1 aromatic heterocycles. The van der Waals surface area contributed by atoms with E-state index in [-0.39, 0.29) is 48.1 Å². The molecule has 4 N–H and O–H groups in total. The number of pyridine rings is 1. The monoisotopic (exact) mass is 571 g/mol. The van der Waals surface area contributed by atoms with E-state index in [1.165, 1.54) is 38.5 Å². The van der Waals surface area contributed by atoms with Crippen LogP contribution in [0.25, 0.3) is 11.3 Å². The minimum atomic E-state index is -0.663. The molecule has 1 unspecified atom stereocenters.